The molecule has 0 saturated heterocycles. The van der Waals surface area contributed by atoms with Crippen molar-refractivity contribution in [1.82, 2.24) is 20.1 Å². The lowest BCUT2D eigenvalue weighted by Crippen LogP contribution is -2.33. The van der Waals surface area contributed by atoms with Gasteiger partial charge in [-0.3, -0.25) is 14.6 Å². The molecule has 28 heavy (non-hydrogen) atoms. The van der Waals surface area contributed by atoms with Gasteiger partial charge in [-0.25, -0.2) is 4.68 Å². The van der Waals surface area contributed by atoms with Crippen molar-refractivity contribution in [2.75, 3.05) is 0 Å². The second kappa shape index (κ2) is 8.33. The number of carbonyl (C=O) groups excluding carboxylic acids is 1. The van der Waals surface area contributed by atoms with Crippen LogP contribution in [0.2, 0.25) is 0 Å². The van der Waals surface area contributed by atoms with Crippen LogP contribution in [0.5, 0.6) is 0 Å². The van der Waals surface area contributed by atoms with Gasteiger partial charge in [0.15, 0.2) is 0 Å². The zero-order valence-corrected chi connectivity index (χ0v) is 15.8. The average molecular weight is 376 g/mol. The van der Waals surface area contributed by atoms with Crippen molar-refractivity contribution in [1.29, 1.82) is 0 Å². The molecule has 144 valence electrons. The first kappa shape index (κ1) is 18.3. The molecule has 4 rings (SSSR count). The van der Waals surface area contributed by atoms with Gasteiger partial charge in [-0.15, -0.1) is 0 Å². The van der Waals surface area contributed by atoms with Crippen LogP contribution < -0.4 is 10.9 Å². The standard InChI is InChI=1S/C22H24N4O2/c27-21(16-8-2-1-3-9-16)24-14-20-18-11-4-5-12-19(18)22(28)26(25-20)15-17-10-6-7-13-23-17/h4-7,10-13,16H,1-3,8-9,14-15H2,(H,24,27). The highest BCUT2D eigenvalue weighted by molar-refractivity contribution is 5.84. The zero-order chi connectivity index (χ0) is 19.3. The largest absolute Gasteiger partial charge is 0.350 e. The quantitative estimate of drug-likeness (QED) is 0.742. The molecule has 0 radical (unpaired) electrons. The van der Waals surface area contributed by atoms with Crippen LogP contribution in [0, 0.1) is 5.92 Å². The van der Waals surface area contributed by atoms with E-state index in [0.29, 0.717) is 24.2 Å². The lowest BCUT2D eigenvalue weighted by atomic mass is 9.88. The van der Waals surface area contributed by atoms with Crippen LogP contribution in [-0.4, -0.2) is 20.7 Å². The smallest absolute Gasteiger partial charge is 0.275 e. The van der Waals surface area contributed by atoms with E-state index >= 15 is 0 Å². The van der Waals surface area contributed by atoms with E-state index < -0.39 is 0 Å². The van der Waals surface area contributed by atoms with Gasteiger partial charge in [0.05, 0.1) is 29.9 Å². The zero-order valence-electron chi connectivity index (χ0n) is 15.8. The van der Waals surface area contributed by atoms with Gasteiger partial charge in [0.25, 0.3) is 5.56 Å². The van der Waals surface area contributed by atoms with Crippen LogP contribution in [0.3, 0.4) is 0 Å². The molecule has 1 aliphatic rings. The SMILES string of the molecule is O=C(NCc1nn(Cc2ccccn2)c(=O)c2ccccc12)C1CCCCC1. The molecule has 1 N–H and O–H groups in total. The maximum absolute atomic E-state index is 12.9. The summed E-state index contributed by atoms with van der Waals surface area (Å²) >= 11 is 0. The second-order valence-corrected chi connectivity index (χ2v) is 7.33. The lowest BCUT2D eigenvalue weighted by molar-refractivity contribution is -0.126. The number of nitrogens with one attached hydrogen (secondary N) is 1. The number of aromatic nitrogens is 3. The van der Waals surface area contributed by atoms with Gasteiger partial charge in [0, 0.05) is 17.5 Å². The monoisotopic (exact) mass is 376 g/mol. The molecule has 1 aromatic carbocycles. The molecule has 0 bridgehead atoms. The highest BCUT2D eigenvalue weighted by Gasteiger charge is 2.21. The highest BCUT2D eigenvalue weighted by atomic mass is 16.2. The molecule has 6 nitrogen and oxygen atoms in total. The van der Waals surface area contributed by atoms with E-state index in [1.165, 1.54) is 11.1 Å². The molecular formula is C22H24N4O2. The van der Waals surface area contributed by atoms with E-state index in [0.717, 1.165) is 36.8 Å². The van der Waals surface area contributed by atoms with Gasteiger partial charge in [0.2, 0.25) is 5.91 Å². The lowest BCUT2D eigenvalue weighted by Gasteiger charge is -2.21. The van der Waals surface area contributed by atoms with Gasteiger partial charge < -0.3 is 5.32 Å². The Hall–Kier alpha value is -3.02. The number of pyridine rings is 1. The Labute approximate surface area is 163 Å². The molecule has 1 saturated carbocycles. The molecule has 2 heterocycles. The Morgan fingerprint density at radius 3 is 2.54 bits per heavy atom. The van der Waals surface area contributed by atoms with Gasteiger partial charge in [-0.05, 0) is 31.0 Å². The number of hydrogen-bond donors (Lipinski definition) is 1. The fourth-order valence-electron chi connectivity index (χ4n) is 3.87. The average Bonchev–Trinajstić information content (AvgIpc) is 2.76. The molecule has 0 atom stereocenters. The second-order valence-electron chi connectivity index (χ2n) is 7.33. The van der Waals surface area contributed by atoms with E-state index in [2.05, 4.69) is 15.4 Å². The first-order valence-corrected chi connectivity index (χ1v) is 9.89. The van der Waals surface area contributed by atoms with Gasteiger partial charge in [-0.1, -0.05) is 43.5 Å². The van der Waals surface area contributed by atoms with Crippen molar-refractivity contribution in [3.05, 3.63) is 70.4 Å². The molecule has 1 amide bonds. The van der Waals surface area contributed by atoms with Crippen molar-refractivity contribution in [2.45, 2.75) is 45.2 Å². The van der Waals surface area contributed by atoms with Crippen LogP contribution in [0.25, 0.3) is 10.8 Å². The summed E-state index contributed by atoms with van der Waals surface area (Å²) in [5.74, 6) is 0.187. The van der Waals surface area contributed by atoms with Crippen LogP contribution in [0.15, 0.2) is 53.5 Å². The van der Waals surface area contributed by atoms with Crippen LogP contribution in [0.4, 0.5) is 0 Å². The molecule has 1 fully saturated rings. The maximum Gasteiger partial charge on any atom is 0.275 e. The number of nitrogens with zero attached hydrogens (tertiary/aromatic N) is 3. The van der Waals surface area contributed by atoms with Gasteiger partial charge >= 0.3 is 0 Å². The fourth-order valence-corrected chi connectivity index (χ4v) is 3.87. The van der Waals surface area contributed by atoms with Crippen LogP contribution in [0.1, 0.15) is 43.5 Å². The Morgan fingerprint density at radius 2 is 1.79 bits per heavy atom. The van der Waals surface area contributed by atoms with Crippen LogP contribution in [-0.2, 0) is 17.9 Å². The molecule has 0 unspecified atom stereocenters. The summed E-state index contributed by atoms with van der Waals surface area (Å²) in [7, 11) is 0. The van der Waals surface area contributed by atoms with Crippen molar-refractivity contribution in [2.24, 2.45) is 5.92 Å². The number of amides is 1. The van der Waals surface area contributed by atoms with Gasteiger partial charge in [-0.2, -0.15) is 5.10 Å². The first-order valence-electron chi connectivity index (χ1n) is 9.89. The summed E-state index contributed by atoms with van der Waals surface area (Å²) in [6.45, 7) is 0.617. The topological polar surface area (TPSA) is 76.9 Å². The molecule has 1 aliphatic carbocycles. The van der Waals surface area contributed by atoms with E-state index in [-0.39, 0.29) is 17.4 Å². The highest BCUT2D eigenvalue weighted by Crippen LogP contribution is 2.23. The summed E-state index contributed by atoms with van der Waals surface area (Å²) in [5.41, 5.74) is 1.32. The number of benzene rings is 1. The Morgan fingerprint density at radius 1 is 1.04 bits per heavy atom. The van der Waals surface area contributed by atoms with Crippen molar-refractivity contribution < 1.29 is 4.79 Å². The number of fused-ring (bicyclic) bond motifs is 1. The minimum absolute atomic E-state index is 0.0908. The summed E-state index contributed by atoms with van der Waals surface area (Å²) < 4.78 is 1.44. The third-order valence-electron chi connectivity index (χ3n) is 5.39. The minimum atomic E-state index is -0.149. The van der Waals surface area contributed by atoms with E-state index in [1.807, 2.05) is 36.4 Å². The fraction of sp³-hybridized carbons (Fsp3) is 0.364. The third kappa shape index (κ3) is 3.96. The predicted octanol–water partition coefficient (Wildman–Crippen LogP) is 3.04. The van der Waals surface area contributed by atoms with Crippen molar-refractivity contribution in [3.8, 4) is 0 Å². The first-order chi connectivity index (χ1) is 13.7. The van der Waals surface area contributed by atoms with E-state index in [9.17, 15) is 9.59 Å². The number of hydrogen-bond acceptors (Lipinski definition) is 4. The normalized spacial score (nSPS) is 14.9. The molecular weight excluding hydrogens is 352 g/mol. The molecule has 0 spiro atoms. The maximum atomic E-state index is 12.9. The molecule has 0 aliphatic heterocycles. The van der Waals surface area contributed by atoms with Crippen molar-refractivity contribution in [3.63, 3.8) is 0 Å². The Kier molecular flexibility index (Phi) is 5.46. The summed E-state index contributed by atoms with van der Waals surface area (Å²) in [6, 6.07) is 13.0. The number of rotatable bonds is 5. The number of carbonyl (C=O) groups is 1. The van der Waals surface area contributed by atoms with Crippen molar-refractivity contribution >= 4 is 16.7 Å². The Bertz CT molecular complexity index is 1020. The molecule has 6 heteroatoms. The molecule has 3 aromatic rings. The molecule has 2 aromatic heterocycles. The minimum Gasteiger partial charge on any atom is -0.350 e. The summed E-state index contributed by atoms with van der Waals surface area (Å²) in [6.07, 6.45) is 7.07. The van der Waals surface area contributed by atoms with E-state index in [1.54, 1.807) is 12.3 Å². The van der Waals surface area contributed by atoms with Crippen LogP contribution >= 0.6 is 0 Å². The van der Waals surface area contributed by atoms with Gasteiger partial charge in [0.1, 0.15) is 0 Å². The Balaban J connectivity index is 1.62. The summed E-state index contributed by atoms with van der Waals surface area (Å²) in [5, 5.41) is 8.99. The predicted molar refractivity (Wildman–Crippen MR) is 108 cm³/mol. The third-order valence-corrected chi connectivity index (χ3v) is 5.39. The summed E-state index contributed by atoms with van der Waals surface area (Å²) in [4.78, 5) is 29.7. The van der Waals surface area contributed by atoms with E-state index in [4.69, 9.17) is 0 Å².